The van der Waals surface area contributed by atoms with Crippen LogP contribution < -0.4 is 10.1 Å². The fraction of sp³-hybridized carbons (Fsp3) is 0.222. The number of nitrogens with one attached hydrogen (secondary N) is 1. The smallest absolute Gasteiger partial charge is 0.222 e. The van der Waals surface area contributed by atoms with Crippen molar-refractivity contribution in [1.82, 2.24) is 14.9 Å². The maximum atomic E-state index is 12.0. The quantitative estimate of drug-likeness (QED) is 0.762. The third-order valence-corrected chi connectivity index (χ3v) is 3.76. The number of nitrogens with zero attached hydrogens (tertiary/aromatic N) is 2. The van der Waals surface area contributed by atoms with Gasteiger partial charge in [0.2, 0.25) is 5.91 Å². The lowest BCUT2D eigenvalue weighted by Crippen LogP contribution is -2.23. The molecule has 0 radical (unpaired) electrons. The van der Waals surface area contributed by atoms with Gasteiger partial charge in [-0.1, -0.05) is 18.2 Å². The number of para-hydroxylation sites is 1. The summed E-state index contributed by atoms with van der Waals surface area (Å²) >= 11 is 0. The van der Waals surface area contributed by atoms with Crippen molar-refractivity contribution in [2.45, 2.75) is 19.5 Å². The Bertz CT molecular complexity index is 796. The summed E-state index contributed by atoms with van der Waals surface area (Å²) in [5.74, 6) is 0.842. The lowest BCUT2D eigenvalue weighted by Gasteiger charge is -2.09. The molecule has 0 unspecified atom stereocenters. The van der Waals surface area contributed by atoms with E-state index in [1.165, 1.54) is 0 Å². The fourth-order valence-corrected chi connectivity index (χ4v) is 2.59. The lowest BCUT2D eigenvalue weighted by molar-refractivity contribution is -0.121. The van der Waals surface area contributed by atoms with E-state index < -0.39 is 0 Å². The summed E-state index contributed by atoms with van der Waals surface area (Å²) in [5.41, 5.74) is 2.02. The van der Waals surface area contributed by atoms with Crippen molar-refractivity contribution in [3.8, 4) is 5.75 Å². The molecule has 0 aliphatic heterocycles. The first-order chi connectivity index (χ1) is 11.3. The molecule has 23 heavy (non-hydrogen) atoms. The predicted octanol–water partition coefficient (Wildman–Crippen LogP) is 2.75. The van der Waals surface area contributed by atoms with Gasteiger partial charge in [0.1, 0.15) is 5.75 Å². The van der Waals surface area contributed by atoms with E-state index in [1.807, 2.05) is 42.6 Å². The van der Waals surface area contributed by atoms with Crippen LogP contribution in [-0.2, 0) is 17.9 Å². The molecule has 0 spiro atoms. The van der Waals surface area contributed by atoms with E-state index in [2.05, 4.69) is 14.9 Å². The number of fused-ring (bicyclic) bond motifs is 1. The zero-order chi connectivity index (χ0) is 16.1. The number of benzene rings is 1. The molecule has 1 N–H and O–H groups in total. The molecule has 1 amide bonds. The van der Waals surface area contributed by atoms with Crippen molar-refractivity contribution >= 4 is 16.8 Å². The van der Waals surface area contributed by atoms with Gasteiger partial charge in [0, 0.05) is 43.5 Å². The van der Waals surface area contributed by atoms with Crippen LogP contribution in [0.5, 0.6) is 5.75 Å². The Kier molecular flexibility index (Phi) is 4.57. The summed E-state index contributed by atoms with van der Waals surface area (Å²) in [5, 5.41) is 4.03. The predicted molar refractivity (Wildman–Crippen MR) is 89.2 cm³/mol. The molecule has 0 saturated heterocycles. The van der Waals surface area contributed by atoms with E-state index in [0.29, 0.717) is 19.5 Å². The Hall–Kier alpha value is -2.82. The monoisotopic (exact) mass is 309 g/mol. The van der Waals surface area contributed by atoms with Gasteiger partial charge < -0.3 is 14.6 Å². The van der Waals surface area contributed by atoms with E-state index in [0.717, 1.165) is 22.2 Å². The molecule has 5 heteroatoms. The highest BCUT2D eigenvalue weighted by Gasteiger charge is 2.08. The molecular weight excluding hydrogens is 290 g/mol. The number of amides is 1. The van der Waals surface area contributed by atoms with Gasteiger partial charge in [-0.3, -0.25) is 9.78 Å². The lowest BCUT2D eigenvalue weighted by atomic mass is 10.2. The SMILES string of the molecule is COc1cccc2ccn(CCC(=O)NCc3cccnc3)c12. The minimum Gasteiger partial charge on any atom is -0.495 e. The van der Waals surface area contributed by atoms with Gasteiger partial charge in [0.05, 0.1) is 12.6 Å². The first-order valence-corrected chi connectivity index (χ1v) is 7.55. The summed E-state index contributed by atoms with van der Waals surface area (Å²) in [6.45, 7) is 1.12. The normalized spacial score (nSPS) is 10.7. The molecular formula is C18H19N3O2. The molecule has 0 bridgehead atoms. The number of carbonyl (C=O) groups is 1. The zero-order valence-corrected chi connectivity index (χ0v) is 13.0. The number of ether oxygens (including phenoxy) is 1. The van der Waals surface area contributed by atoms with Crippen LogP contribution in [0.2, 0.25) is 0 Å². The van der Waals surface area contributed by atoms with Gasteiger partial charge in [-0.25, -0.2) is 0 Å². The van der Waals surface area contributed by atoms with Gasteiger partial charge >= 0.3 is 0 Å². The van der Waals surface area contributed by atoms with Crippen molar-refractivity contribution < 1.29 is 9.53 Å². The summed E-state index contributed by atoms with van der Waals surface area (Å²) < 4.78 is 7.46. The summed E-state index contributed by atoms with van der Waals surface area (Å²) in [6.07, 6.45) is 5.88. The molecule has 3 aromatic rings. The third-order valence-electron chi connectivity index (χ3n) is 3.76. The van der Waals surface area contributed by atoms with Crippen LogP contribution in [-0.4, -0.2) is 22.6 Å². The summed E-state index contributed by atoms with van der Waals surface area (Å²) in [7, 11) is 1.66. The summed E-state index contributed by atoms with van der Waals surface area (Å²) in [6, 6.07) is 11.8. The van der Waals surface area contributed by atoms with E-state index >= 15 is 0 Å². The molecule has 0 aliphatic rings. The van der Waals surface area contributed by atoms with E-state index in [4.69, 9.17) is 4.74 Å². The molecule has 3 rings (SSSR count). The number of aryl methyl sites for hydroxylation is 1. The number of methoxy groups -OCH3 is 1. The third kappa shape index (κ3) is 3.51. The van der Waals surface area contributed by atoms with Crippen molar-refractivity contribution in [2.75, 3.05) is 7.11 Å². The Labute approximate surface area is 134 Å². The second-order valence-corrected chi connectivity index (χ2v) is 5.30. The Balaban J connectivity index is 1.61. The Morgan fingerprint density at radius 3 is 2.96 bits per heavy atom. The maximum Gasteiger partial charge on any atom is 0.222 e. The molecule has 2 heterocycles. The van der Waals surface area contributed by atoms with Crippen molar-refractivity contribution in [3.63, 3.8) is 0 Å². The first-order valence-electron chi connectivity index (χ1n) is 7.55. The molecule has 0 saturated carbocycles. The van der Waals surface area contributed by atoms with Gasteiger partial charge in [-0.2, -0.15) is 0 Å². The fourth-order valence-electron chi connectivity index (χ4n) is 2.59. The molecule has 1 aromatic carbocycles. The standard InChI is InChI=1S/C18H19N3O2/c1-23-16-6-2-5-15-7-10-21(18(15)16)11-8-17(22)20-13-14-4-3-9-19-12-14/h2-7,9-10,12H,8,11,13H2,1H3,(H,20,22). The largest absolute Gasteiger partial charge is 0.495 e. The highest BCUT2D eigenvalue weighted by molar-refractivity contribution is 5.86. The molecule has 5 nitrogen and oxygen atoms in total. The zero-order valence-electron chi connectivity index (χ0n) is 13.0. The topological polar surface area (TPSA) is 56.1 Å². The second kappa shape index (κ2) is 6.96. The maximum absolute atomic E-state index is 12.0. The summed E-state index contributed by atoms with van der Waals surface area (Å²) in [4.78, 5) is 16.1. The number of carbonyl (C=O) groups excluding carboxylic acids is 1. The number of pyridine rings is 1. The number of rotatable bonds is 6. The van der Waals surface area contributed by atoms with Crippen LogP contribution in [0, 0.1) is 0 Å². The minimum absolute atomic E-state index is 0.0191. The molecule has 118 valence electrons. The van der Waals surface area contributed by atoms with Crippen LogP contribution in [0.1, 0.15) is 12.0 Å². The number of hydrogen-bond acceptors (Lipinski definition) is 3. The number of hydrogen-bond donors (Lipinski definition) is 1. The van der Waals surface area contributed by atoms with E-state index in [-0.39, 0.29) is 5.91 Å². The Morgan fingerprint density at radius 1 is 1.26 bits per heavy atom. The van der Waals surface area contributed by atoms with E-state index in [9.17, 15) is 4.79 Å². The minimum atomic E-state index is 0.0191. The van der Waals surface area contributed by atoms with Gasteiger partial charge in [0.25, 0.3) is 0 Å². The molecule has 0 aliphatic carbocycles. The second-order valence-electron chi connectivity index (χ2n) is 5.30. The van der Waals surface area contributed by atoms with Gasteiger partial charge in [-0.05, 0) is 23.8 Å². The van der Waals surface area contributed by atoms with Crippen LogP contribution in [0.3, 0.4) is 0 Å². The molecule has 0 fully saturated rings. The van der Waals surface area contributed by atoms with Crippen molar-refractivity contribution in [1.29, 1.82) is 0 Å². The Morgan fingerprint density at radius 2 is 2.17 bits per heavy atom. The van der Waals surface area contributed by atoms with Gasteiger partial charge in [-0.15, -0.1) is 0 Å². The highest BCUT2D eigenvalue weighted by Crippen LogP contribution is 2.26. The van der Waals surface area contributed by atoms with Crippen molar-refractivity contribution in [3.05, 3.63) is 60.6 Å². The van der Waals surface area contributed by atoms with Crippen LogP contribution in [0.25, 0.3) is 10.9 Å². The van der Waals surface area contributed by atoms with Crippen LogP contribution in [0.15, 0.2) is 55.0 Å². The molecule has 0 atom stereocenters. The molecule has 2 aromatic heterocycles. The van der Waals surface area contributed by atoms with E-state index in [1.54, 1.807) is 19.5 Å². The average molecular weight is 309 g/mol. The average Bonchev–Trinajstić information content (AvgIpc) is 3.02. The number of aromatic nitrogens is 2. The highest BCUT2D eigenvalue weighted by atomic mass is 16.5. The van der Waals surface area contributed by atoms with Crippen LogP contribution >= 0.6 is 0 Å². The van der Waals surface area contributed by atoms with Gasteiger partial charge in [0.15, 0.2) is 0 Å². The van der Waals surface area contributed by atoms with Crippen LogP contribution in [0.4, 0.5) is 0 Å². The van der Waals surface area contributed by atoms with Crippen molar-refractivity contribution in [2.24, 2.45) is 0 Å². The first kappa shape index (κ1) is 15.1.